The number of rotatable bonds is 5. The molecular formula is C13H12BrNO4S. The van der Waals surface area contributed by atoms with Crippen LogP contribution in [0.4, 0.5) is 0 Å². The highest BCUT2D eigenvalue weighted by atomic mass is 79.9. The number of benzene rings is 1. The van der Waals surface area contributed by atoms with Gasteiger partial charge >= 0.3 is 5.97 Å². The van der Waals surface area contributed by atoms with Crippen molar-refractivity contribution in [3.05, 3.63) is 28.2 Å². The number of carboxylic acids is 1. The second-order valence-electron chi connectivity index (χ2n) is 5.04. The van der Waals surface area contributed by atoms with E-state index >= 15 is 0 Å². The van der Waals surface area contributed by atoms with Crippen molar-refractivity contribution in [2.75, 3.05) is 5.75 Å². The monoisotopic (exact) mass is 357 g/mol. The van der Waals surface area contributed by atoms with Crippen molar-refractivity contribution in [2.24, 2.45) is 5.41 Å². The van der Waals surface area contributed by atoms with Gasteiger partial charge in [0.25, 0.3) is 0 Å². The Morgan fingerprint density at radius 1 is 1.45 bits per heavy atom. The van der Waals surface area contributed by atoms with Crippen LogP contribution in [0.15, 0.2) is 27.6 Å². The number of carbonyl (C=O) groups is 1. The van der Waals surface area contributed by atoms with Gasteiger partial charge in [-0.25, -0.2) is 13.2 Å². The van der Waals surface area contributed by atoms with Gasteiger partial charge in [0.1, 0.15) is 0 Å². The van der Waals surface area contributed by atoms with Crippen molar-refractivity contribution < 1.29 is 18.3 Å². The maximum atomic E-state index is 12.4. The molecule has 1 N–H and O–H groups in total. The third kappa shape index (κ3) is 3.02. The zero-order valence-corrected chi connectivity index (χ0v) is 12.9. The Balaban J connectivity index is 2.42. The first-order valence-corrected chi connectivity index (χ1v) is 8.37. The molecule has 0 atom stereocenters. The fourth-order valence-corrected chi connectivity index (χ4v) is 4.79. The van der Waals surface area contributed by atoms with Crippen LogP contribution >= 0.6 is 15.9 Å². The molecule has 1 aliphatic carbocycles. The molecule has 5 nitrogen and oxygen atoms in total. The molecule has 0 heterocycles. The van der Waals surface area contributed by atoms with E-state index in [9.17, 15) is 13.2 Å². The number of sulfone groups is 1. The zero-order valence-electron chi connectivity index (χ0n) is 10.5. The van der Waals surface area contributed by atoms with Crippen molar-refractivity contribution >= 4 is 31.7 Å². The van der Waals surface area contributed by atoms with E-state index in [1.165, 1.54) is 18.2 Å². The van der Waals surface area contributed by atoms with Gasteiger partial charge in [0.2, 0.25) is 0 Å². The molecule has 0 aromatic heterocycles. The molecule has 0 radical (unpaired) electrons. The maximum Gasteiger partial charge on any atom is 0.337 e. The van der Waals surface area contributed by atoms with Crippen LogP contribution in [-0.2, 0) is 9.84 Å². The lowest BCUT2D eigenvalue weighted by Gasteiger charge is -2.13. The van der Waals surface area contributed by atoms with Gasteiger partial charge < -0.3 is 5.11 Å². The Morgan fingerprint density at radius 3 is 2.60 bits per heavy atom. The summed E-state index contributed by atoms with van der Waals surface area (Å²) in [5.41, 5.74) is -0.730. The second kappa shape index (κ2) is 5.19. The molecule has 0 spiro atoms. The molecule has 2 rings (SSSR count). The smallest absolute Gasteiger partial charge is 0.337 e. The summed E-state index contributed by atoms with van der Waals surface area (Å²) in [6.07, 6.45) is 1.56. The van der Waals surface area contributed by atoms with Crippen molar-refractivity contribution in [3.8, 4) is 6.07 Å². The Labute approximate surface area is 125 Å². The van der Waals surface area contributed by atoms with Gasteiger partial charge in [-0.05, 0) is 36.5 Å². The number of nitrogens with zero attached hydrogens (tertiary/aromatic N) is 1. The van der Waals surface area contributed by atoms with Crippen LogP contribution in [0, 0.1) is 16.7 Å². The SMILES string of the molecule is N#CCC1(CS(=O)(=O)c2cc(Br)ccc2C(=O)O)CC1. The molecule has 1 aliphatic rings. The molecule has 1 saturated carbocycles. The zero-order chi connectivity index (χ0) is 15.0. The van der Waals surface area contributed by atoms with Gasteiger partial charge in [0.15, 0.2) is 9.84 Å². The minimum absolute atomic E-state index is 0.176. The third-order valence-corrected chi connectivity index (χ3v) is 5.91. The summed E-state index contributed by atoms with van der Waals surface area (Å²) < 4.78 is 25.4. The number of aromatic carboxylic acids is 1. The summed E-state index contributed by atoms with van der Waals surface area (Å²) in [4.78, 5) is 11.0. The fraction of sp³-hybridized carbons (Fsp3) is 0.385. The van der Waals surface area contributed by atoms with Gasteiger partial charge in [-0.1, -0.05) is 15.9 Å². The molecule has 0 saturated heterocycles. The van der Waals surface area contributed by atoms with E-state index in [4.69, 9.17) is 10.4 Å². The van der Waals surface area contributed by atoms with E-state index in [1.54, 1.807) is 0 Å². The lowest BCUT2D eigenvalue weighted by molar-refractivity contribution is 0.0692. The van der Waals surface area contributed by atoms with E-state index < -0.39 is 21.2 Å². The number of nitriles is 1. The number of carboxylic acid groups (broad SMARTS) is 1. The lowest BCUT2D eigenvalue weighted by atomic mass is 10.1. The fourth-order valence-electron chi connectivity index (χ4n) is 2.13. The largest absolute Gasteiger partial charge is 0.478 e. The highest BCUT2D eigenvalue weighted by molar-refractivity contribution is 9.10. The standard InChI is InChI=1S/C13H12BrNO4S/c14-9-1-2-10(12(16)17)11(7-9)20(18,19)8-13(3-4-13)5-6-15/h1-2,7H,3-5,8H2,(H,16,17). The average Bonchev–Trinajstić information content (AvgIpc) is 3.07. The van der Waals surface area contributed by atoms with Gasteiger partial charge in [-0.2, -0.15) is 5.26 Å². The number of halogens is 1. The van der Waals surface area contributed by atoms with E-state index in [-0.39, 0.29) is 22.6 Å². The Morgan fingerprint density at radius 2 is 2.10 bits per heavy atom. The molecule has 1 fully saturated rings. The number of hydrogen-bond donors (Lipinski definition) is 1. The van der Waals surface area contributed by atoms with E-state index in [0.717, 1.165) is 0 Å². The summed E-state index contributed by atoms with van der Waals surface area (Å²) in [6.45, 7) is 0. The Bertz CT molecular complexity index is 702. The van der Waals surface area contributed by atoms with Crippen LogP contribution in [0.25, 0.3) is 0 Å². The van der Waals surface area contributed by atoms with E-state index in [0.29, 0.717) is 17.3 Å². The van der Waals surface area contributed by atoms with Crippen molar-refractivity contribution in [1.29, 1.82) is 5.26 Å². The summed E-state index contributed by atoms with van der Waals surface area (Å²) in [7, 11) is -3.74. The van der Waals surface area contributed by atoms with Gasteiger partial charge in [0, 0.05) is 10.9 Å². The average molecular weight is 358 g/mol. The van der Waals surface area contributed by atoms with Crippen molar-refractivity contribution in [2.45, 2.75) is 24.2 Å². The highest BCUT2D eigenvalue weighted by Crippen LogP contribution is 2.50. The van der Waals surface area contributed by atoms with Crippen molar-refractivity contribution in [3.63, 3.8) is 0 Å². The molecule has 0 unspecified atom stereocenters. The van der Waals surface area contributed by atoms with Crippen LogP contribution in [0.2, 0.25) is 0 Å². The summed E-state index contributed by atoms with van der Waals surface area (Å²) in [5.74, 6) is -1.45. The minimum atomic E-state index is -3.74. The predicted molar refractivity (Wildman–Crippen MR) is 75.1 cm³/mol. The highest BCUT2D eigenvalue weighted by Gasteiger charge is 2.46. The Hall–Kier alpha value is -1.39. The van der Waals surface area contributed by atoms with Crippen molar-refractivity contribution in [1.82, 2.24) is 0 Å². The molecule has 106 valence electrons. The summed E-state index contributed by atoms with van der Waals surface area (Å²) >= 11 is 3.15. The summed E-state index contributed by atoms with van der Waals surface area (Å²) in [6, 6.07) is 6.07. The number of hydrogen-bond acceptors (Lipinski definition) is 4. The van der Waals surface area contributed by atoms with Gasteiger partial charge in [-0.15, -0.1) is 0 Å². The predicted octanol–water partition coefficient (Wildman–Crippen LogP) is 2.61. The first-order valence-electron chi connectivity index (χ1n) is 5.92. The topological polar surface area (TPSA) is 95.2 Å². The second-order valence-corrected chi connectivity index (χ2v) is 7.91. The Kier molecular flexibility index (Phi) is 3.89. The van der Waals surface area contributed by atoms with Crippen LogP contribution in [-0.4, -0.2) is 25.2 Å². The maximum absolute atomic E-state index is 12.4. The first kappa shape index (κ1) is 15.0. The van der Waals surface area contributed by atoms with Gasteiger partial charge in [0.05, 0.1) is 22.3 Å². The first-order chi connectivity index (χ1) is 9.30. The van der Waals surface area contributed by atoms with Crippen LogP contribution in [0.5, 0.6) is 0 Å². The molecule has 0 aliphatic heterocycles. The molecular weight excluding hydrogens is 346 g/mol. The molecule has 0 bridgehead atoms. The summed E-state index contributed by atoms with van der Waals surface area (Å²) in [5, 5.41) is 17.9. The van der Waals surface area contributed by atoms with Crippen LogP contribution < -0.4 is 0 Å². The van der Waals surface area contributed by atoms with E-state index in [1.807, 2.05) is 6.07 Å². The quantitative estimate of drug-likeness (QED) is 0.873. The van der Waals surface area contributed by atoms with E-state index in [2.05, 4.69) is 15.9 Å². The third-order valence-electron chi connectivity index (χ3n) is 3.42. The van der Waals surface area contributed by atoms with Gasteiger partial charge in [-0.3, -0.25) is 0 Å². The van der Waals surface area contributed by atoms with Crippen LogP contribution in [0.1, 0.15) is 29.6 Å². The molecule has 1 aromatic rings. The van der Waals surface area contributed by atoms with Crippen LogP contribution in [0.3, 0.4) is 0 Å². The molecule has 1 aromatic carbocycles. The minimum Gasteiger partial charge on any atom is -0.478 e. The molecule has 20 heavy (non-hydrogen) atoms. The lowest BCUT2D eigenvalue weighted by Crippen LogP contribution is -2.19. The molecule has 0 amide bonds. The molecule has 7 heteroatoms. The normalized spacial score (nSPS) is 16.4.